The minimum absolute atomic E-state index is 0.536. The summed E-state index contributed by atoms with van der Waals surface area (Å²) in [6.45, 7) is 15.0. The average Bonchev–Trinajstić information content (AvgIpc) is 2.74. The molecule has 1 saturated heterocycles. The molecule has 0 amide bonds. The van der Waals surface area contributed by atoms with Gasteiger partial charge >= 0.3 is 0 Å². The lowest BCUT2D eigenvalue weighted by Gasteiger charge is -2.40. The maximum Gasteiger partial charge on any atom is 0.0129 e. The predicted molar refractivity (Wildman–Crippen MR) is 85.9 cm³/mol. The number of fused-ring (bicyclic) bond motifs is 2. The van der Waals surface area contributed by atoms with Crippen LogP contribution in [0.25, 0.3) is 0 Å². The Morgan fingerprint density at radius 1 is 1.10 bits per heavy atom. The molecule has 2 saturated carbocycles. The Labute approximate surface area is 125 Å². The van der Waals surface area contributed by atoms with E-state index in [0.29, 0.717) is 10.8 Å². The SMILES string of the molecule is CC1CCN(CCNC2CC3CCC2(C)C3(C)C)CC1. The van der Waals surface area contributed by atoms with E-state index in [2.05, 4.69) is 37.9 Å². The number of rotatable bonds is 4. The second-order valence-corrected chi connectivity index (χ2v) is 8.64. The molecule has 1 heterocycles. The van der Waals surface area contributed by atoms with Crippen molar-refractivity contribution in [3.05, 3.63) is 0 Å². The first-order valence-corrected chi connectivity index (χ1v) is 8.89. The Morgan fingerprint density at radius 3 is 2.35 bits per heavy atom. The van der Waals surface area contributed by atoms with Gasteiger partial charge in [0.05, 0.1) is 0 Å². The van der Waals surface area contributed by atoms with Gasteiger partial charge in [0.25, 0.3) is 0 Å². The molecule has 3 atom stereocenters. The van der Waals surface area contributed by atoms with Crippen molar-refractivity contribution in [1.29, 1.82) is 0 Å². The quantitative estimate of drug-likeness (QED) is 0.846. The van der Waals surface area contributed by atoms with Gasteiger partial charge in [0.2, 0.25) is 0 Å². The fourth-order valence-electron chi connectivity index (χ4n) is 5.19. The fourth-order valence-corrected chi connectivity index (χ4v) is 5.19. The van der Waals surface area contributed by atoms with E-state index in [1.807, 2.05) is 0 Å². The van der Waals surface area contributed by atoms with E-state index in [1.54, 1.807) is 0 Å². The van der Waals surface area contributed by atoms with Crippen molar-refractivity contribution < 1.29 is 0 Å². The molecule has 3 fully saturated rings. The van der Waals surface area contributed by atoms with Gasteiger partial charge in [-0.3, -0.25) is 0 Å². The molecule has 3 rings (SSSR count). The molecule has 20 heavy (non-hydrogen) atoms. The summed E-state index contributed by atoms with van der Waals surface area (Å²) in [4.78, 5) is 2.66. The van der Waals surface area contributed by atoms with Crippen molar-refractivity contribution in [3.8, 4) is 0 Å². The summed E-state index contributed by atoms with van der Waals surface area (Å²) in [6, 6.07) is 0.764. The Kier molecular flexibility index (Phi) is 3.92. The highest BCUT2D eigenvalue weighted by Crippen LogP contribution is 2.65. The average molecular weight is 278 g/mol. The maximum absolute atomic E-state index is 3.93. The first-order valence-electron chi connectivity index (χ1n) is 8.89. The van der Waals surface area contributed by atoms with Gasteiger partial charge in [-0.15, -0.1) is 0 Å². The fraction of sp³-hybridized carbons (Fsp3) is 1.00. The molecule has 0 aromatic rings. The predicted octanol–water partition coefficient (Wildman–Crippen LogP) is 3.52. The van der Waals surface area contributed by atoms with Crippen molar-refractivity contribution >= 4 is 0 Å². The molecule has 2 nitrogen and oxygen atoms in total. The van der Waals surface area contributed by atoms with Crippen molar-refractivity contribution in [2.75, 3.05) is 26.2 Å². The maximum atomic E-state index is 3.93. The summed E-state index contributed by atoms with van der Waals surface area (Å²) in [6.07, 6.45) is 7.11. The van der Waals surface area contributed by atoms with E-state index in [0.717, 1.165) is 17.9 Å². The summed E-state index contributed by atoms with van der Waals surface area (Å²) in [5.74, 6) is 1.91. The Balaban J connectivity index is 1.46. The van der Waals surface area contributed by atoms with Crippen LogP contribution in [0.4, 0.5) is 0 Å². The van der Waals surface area contributed by atoms with E-state index in [-0.39, 0.29) is 0 Å². The number of hydrogen-bond acceptors (Lipinski definition) is 2. The van der Waals surface area contributed by atoms with E-state index in [1.165, 1.54) is 58.3 Å². The topological polar surface area (TPSA) is 15.3 Å². The van der Waals surface area contributed by atoms with Crippen molar-refractivity contribution in [1.82, 2.24) is 10.2 Å². The second-order valence-electron chi connectivity index (χ2n) is 8.64. The number of likely N-dealkylation sites (tertiary alicyclic amines) is 1. The number of piperidine rings is 1. The molecular weight excluding hydrogens is 244 g/mol. The molecule has 1 aliphatic heterocycles. The van der Waals surface area contributed by atoms with Crippen LogP contribution in [-0.2, 0) is 0 Å². The van der Waals surface area contributed by atoms with Crippen LogP contribution in [0.3, 0.4) is 0 Å². The molecular formula is C18H34N2. The van der Waals surface area contributed by atoms with Gasteiger partial charge in [-0.1, -0.05) is 27.7 Å². The molecule has 0 aromatic heterocycles. The summed E-state index contributed by atoms with van der Waals surface area (Å²) < 4.78 is 0. The van der Waals surface area contributed by atoms with Crippen LogP contribution in [0.15, 0.2) is 0 Å². The van der Waals surface area contributed by atoms with E-state index in [9.17, 15) is 0 Å². The normalized spacial score (nSPS) is 41.4. The zero-order valence-electron chi connectivity index (χ0n) is 14.0. The lowest BCUT2D eigenvalue weighted by atomic mass is 9.69. The summed E-state index contributed by atoms with van der Waals surface area (Å²) >= 11 is 0. The van der Waals surface area contributed by atoms with Gasteiger partial charge in [0, 0.05) is 19.1 Å². The number of hydrogen-bond donors (Lipinski definition) is 1. The molecule has 2 heteroatoms. The number of nitrogens with one attached hydrogen (secondary N) is 1. The monoisotopic (exact) mass is 278 g/mol. The number of nitrogens with zero attached hydrogens (tertiary/aromatic N) is 1. The molecule has 1 N–H and O–H groups in total. The van der Waals surface area contributed by atoms with E-state index >= 15 is 0 Å². The third-order valence-corrected chi connectivity index (χ3v) is 7.49. The van der Waals surface area contributed by atoms with Crippen LogP contribution in [0, 0.1) is 22.7 Å². The van der Waals surface area contributed by atoms with Crippen LogP contribution < -0.4 is 5.32 Å². The van der Waals surface area contributed by atoms with Gasteiger partial charge in [-0.25, -0.2) is 0 Å². The lowest BCUT2D eigenvalue weighted by Crippen LogP contribution is -2.47. The molecule has 0 radical (unpaired) electrons. The summed E-state index contributed by atoms with van der Waals surface area (Å²) in [5, 5.41) is 3.93. The Morgan fingerprint density at radius 2 is 1.80 bits per heavy atom. The third-order valence-electron chi connectivity index (χ3n) is 7.49. The van der Waals surface area contributed by atoms with Gasteiger partial charge in [0.15, 0.2) is 0 Å². The van der Waals surface area contributed by atoms with Gasteiger partial charge < -0.3 is 10.2 Å². The largest absolute Gasteiger partial charge is 0.312 e. The van der Waals surface area contributed by atoms with Crippen molar-refractivity contribution in [3.63, 3.8) is 0 Å². The van der Waals surface area contributed by atoms with Crippen molar-refractivity contribution in [2.45, 2.75) is 65.8 Å². The molecule has 0 spiro atoms. The Bertz CT molecular complexity index is 343. The standard InChI is InChI=1S/C18H34N2/c1-14-6-10-20(11-7-14)12-9-19-16-13-15-5-8-18(16,4)17(15,2)3/h14-16,19H,5-13H2,1-4H3. The van der Waals surface area contributed by atoms with E-state index < -0.39 is 0 Å². The van der Waals surface area contributed by atoms with Gasteiger partial charge in [-0.2, -0.15) is 0 Å². The van der Waals surface area contributed by atoms with Crippen LogP contribution in [0.2, 0.25) is 0 Å². The van der Waals surface area contributed by atoms with Crippen molar-refractivity contribution in [2.24, 2.45) is 22.7 Å². The summed E-state index contributed by atoms with van der Waals surface area (Å²) in [7, 11) is 0. The summed E-state index contributed by atoms with van der Waals surface area (Å²) in [5.41, 5.74) is 1.08. The smallest absolute Gasteiger partial charge is 0.0129 e. The van der Waals surface area contributed by atoms with Crippen LogP contribution in [0.1, 0.15) is 59.8 Å². The molecule has 3 unspecified atom stereocenters. The minimum Gasteiger partial charge on any atom is -0.312 e. The second kappa shape index (κ2) is 5.28. The third kappa shape index (κ3) is 2.33. The molecule has 3 aliphatic rings. The first kappa shape index (κ1) is 14.8. The highest BCUT2D eigenvalue weighted by Gasteiger charge is 2.60. The van der Waals surface area contributed by atoms with Crippen LogP contribution in [0.5, 0.6) is 0 Å². The minimum atomic E-state index is 0.536. The highest BCUT2D eigenvalue weighted by atomic mass is 15.1. The zero-order valence-corrected chi connectivity index (χ0v) is 14.0. The molecule has 116 valence electrons. The molecule has 2 aliphatic carbocycles. The Hall–Kier alpha value is -0.0800. The molecule has 0 aromatic carbocycles. The van der Waals surface area contributed by atoms with Gasteiger partial charge in [-0.05, 0) is 67.9 Å². The van der Waals surface area contributed by atoms with Crippen LogP contribution >= 0.6 is 0 Å². The van der Waals surface area contributed by atoms with E-state index in [4.69, 9.17) is 0 Å². The molecule has 2 bridgehead atoms. The first-order chi connectivity index (χ1) is 9.43. The van der Waals surface area contributed by atoms with Crippen LogP contribution in [-0.4, -0.2) is 37.1 Å². The van der Waals surface area contributed by atoms with Gasteiger partial charge in [0.1, 0.15) is 0 Å². The lowest BCUT2D eigenvalue weighted by molar-refractivity contribution is 0.117. The zero-order chi connectivity index (χ0) is 14.4. The highest BCUT2D eigenvalue weighted by molar-refractivity contribution is 5.12.